The molecule has 0 unspecified atom stereocenters. The lowest BCUT2D eigenvalue weighted by Crippen LogP contribution is -2.35. The van der Waals surface area contributed by atoms with Crippen molar-refractivity contribution in [3.05, 3.63) is 54.3 Å². The second-order valence-electron chi connectivity index (χ2n) is 7.95. The third kappa shape index (κ3) is 3.61. The van der Waals surface area contributed by atoms with Crippen LogP contribution in [0.15, 0.2) is 37.4 Å². The number of carbonyl (C=O) groups excluding carboxylic acids is 1. The number of pyridine rings is 1. The van der Waals surface area contributed by atoms with E-state index in [0.29, 0.717) is 18.8 Å². The van der Waals surface area contributed by atoms with Crippen LogP contribution in [-0.2, 0) is 16.5 Å². The molecule has 0 atom stereocenters. The van der Waals surface area contributed by atoms with Gasteiger partial charge in [0.15, 0.2) is 0 Å². The lowest BCUT2D eigenvalue weighted by atomic mass is 10.0. The molecule has 0 aromatic carbocycles. The maximum atomic E-state index is 12.9. The standard InChI is InChI=1S/C23H28N4O3/c1-15(2)30-23(28)20-11-19-10-18(21-12-24-14-25(21)5)13-27(19)22(16(20)3)17(4)26-6-8-29-9-7-26/h10-15H,4,6-9H2,1-3,5H3. The van der Waals surface area contributed by atoms with Crippen LogP contribution >= 0.6 is 0 Å². The minimum atomic E-state index is -0.315. The molecule has 7 nitrogen and oxygen atoms in total. The molecule has 30 heavy (non-hydrogen) atoms. The van der Waals surface area contributed by atoms with Crippen LogP contribution < -0.4 is 0 Å². The summed E-state index contributed by atoms with van der Waals surface area (Å²) in [6.45, 7) is 13.0. The van der Waals surface area contributed by atoms with E-state index in [1.807, 2.05) is 44.6 Å². The molecule has 3 aromatic heterocycles. The van der Waals surface area contributed by atoms with Crippen molar-refractivity contribution in [2.75, 3.05) is 26.3 Å². The van der Waals surface area contributed by atoms with Gasteiger partial charge in [-0.3, -0.25) is 0 Å². The monoisotopic (exact) mass is 408 g/mol. The highest BCUT2D eigenvalue weighted by Crippen LogP contribution is 2.31. The van der Waals surface area contributed by atoms with Gasteiger partial charge in [-0.1, -0.05) is 6.58 Å². The molecule has 0 radical (unpaired) electrons. The Kier molecular flexibility index (Phi) is 5.39. The van der Waals surface area contributed by atoms with E-state index in [4.69, 9.17) is 9.47 Å². The third-order valence-electron chi connectivity index (χ3n) is 5.48. The maximum Gasteiger partial charge on any atom is 0.338 e. The van der Waals surface area contributed by atoms with Gasteiger partial charge in [-0.05, 0) is 38.5 Å². The Morgan fingerprint density at radius 3 is 2.63 bits per heavy atom. The summed E-state index contributed by atoms with van der Waals surface area (Å²) in [6, 6.07) is 3.97. The summed E-state index contributed by atoms with van der Waals surface area (Å²) in [6.07, 6.45) is 5.52. The average Bonchev–Trinajstić information content (AvgIpc) is 3.32. The van der Waals surface area contributed by atoms with E-state index < -0.39 is 0 Å². The van der Waals surface area contributed by atoms with E-state index >= 15 is 0 Å². The van der Waals surface area contributed by atoms with Crippen molar-refractivity contribution < 1.29 is 14.3 Å². The predicted octanol–water partition coefficient (Wildman–Crippen LogP) is 3.52. The molecule has 0 spiro atoms. The van der Waals surface area contributed by atoms with Gasteiger partial charge in [0.05, 0.1) is 54.5 Å². The van der Waals surface area contributed by atoms with Gasteiger partial charge in [0.2, 0.25) is 0 Å². The topological polar surface area (TPSA) is 61.0 Å². The molecule has 4 rings (SSSR count). The molecule has 0 saturated carbocycles. The van der Waals surface area contributed by atoms with Crippen molar-refractivity contribution in [3.63, 3.8) is 0 Å². The fraction of sp³-hybridized carbons (Fsp3) is 0.391. The van der Waals surface area contributed by atoms with Gasteiger partial charge < -0.3 is 23.3 Å². The summed E-state index contributed by atoms with van der Waals surface area (Å²) >= 11 is 0. The maximum absolute atomic E-state index is 12.9. The Morgan fingerprint density at radius 1 is 1.27 bits per heavy atom. The molecule has 1 aliphatic heterocycles. The van der Waals surface area contributed by atoms with Gasteiger partial charge in [-0.15, -0.1) is 0 Å². The number of nitrogens with zero attached hydrogens (tertiary/aromatic N) is 4. The molecular weight excluding hydrogens is 380 g/mol. The molecule has 0 bridgehead atoms. The average molecular weight is 409 g/mol. The van der Waals surface area contributed by atoms with E-state index in [2.05, 4.69) is 33.1 Å². The number of morpholine rings is 1. The van der Waals surface area contributed by atoms with E-state index in [1.165, 1.54) is 0 Å². The highest BCUT2D eigenvalue weighted by atomic mass is 16.5. The number of ether oxygens (including phenoxy) is 2. The number of aryl methyl sites for hydroxylation is 1. The third-order valence-corrected chi connectivity index (χ3v) is 5.48. The number of rotatable bonds is 5. The first kappa shape index (κ1) is 20.2. The van der Waals surface area contributed by atoms with E-state index in [0.717, 1.165) is 46.8 Å². The first-order valence-corrected chi connectivity index (χ1v) is 10.2. The van der Waals surface area contributed by atoms with Crippen LogP contribution in [-0.4, -0.2) is 57.2 Å². The number of imidazole rings is 1. The Bertz CT molecular complexity index is 1100. The van der Waals surface area contributed by atoms with Gasteiger partial charge in [0, 0.05) is 37.4 Å². The van der Waals surface area contributed by atoms with E-state index in [9.17, 15) is 4.79 Å². The van der Waals surface area contributed by atoms with Crippen LogP contribution in [0.3, 0.4) is 0 Å². The molecular formula is C23H28N4O3. The lowest BCUT2D eigenvalue weighted by Gasteiger charge is -2.31. The van der Waals surface area contributed by atoms with Crippen molar-refractivity contribution in [1.82, 2.24) is 18.9 Å². The van der Waals surface area contributed by atoms with Crippen LogP contribution in [0, 0.1) is 6.92 Å². The number of carbonyl (C=O) groups is 1. The Labute approximate surface area is 176 Å². The SMILES string of the molecule is C=C(c1c(C)c(C(=O)OC(C)C)cc2cc(-c3cncn3C)cn12)N1CCOCC1. The zero-order valence-corrected chi connectivity index (χ0v) is 18.0. The molecule has 1 fully saturated rings. The fourth-order valence-corrected chi connectivity index (χ4v) is 3.95. The smallest absolute Gasteiger partial charge is 0.338 e. The second-order valence-corrected chi connectivity index (χ2v) is 7.95. The van der Waals surface area contributed by atoms with Crippen molar-refractivity contribution in [1.29, 1.82) is 0 Å². The van der Waals surface area contributed by atoms with Crippen molar-refractivity contribution in [3.8, 4) is 11.3 Å². The molecule has 0 N–H and O–H groups in total. The summed E-state index contributed by atoms with van der Waals surface area (Å²) in [5.41, 5.74) is 6.17. The summed E-state index contributed by atoms with van der Waals surface area (Å²) < 4.78 is 15.1. The lowest BCUT2D eigenvalue weighted by molar-refractivity contribution is 0.0377. The largest absolute Gasteiger partial charge is 0.459 e. The molecule has 1 aliphatic rings. The highest BCUT2D eigenvalue weighted by Gasteiger charge is 2.23. The number of fused-ring (bicyclic) bond motifs is 1. The first-order chi connectivity index (χ1) is 14.4. The molecule has 7 heteroatoms. The minimum absolute atomic E-state index is 0.184. The van der Waals surface area contributed by atoms with Gasteiger partial charge in [-0.25, -0.2) is 9.78 Å². The van der Waals surface area contributed by atoms with Gasteiger partial charge in [0.25, 0.3) is 0 Å². The first-order valence-electron chi connectivity index (χ1n) is 10.2. The minimum Gasteiger partial charge on any atom is -0.459 e. The zero-order chi connectivity index (χ0) is 21.4. The second kappa shape index (κ2) is 7.99. The van der Waals surface area contributed by atoms with Crippen LogP contribution in [0.5, 0.6) is 0 Å². The summed E-state index contributed by atoms with van der Waals surface area (Å²) in [5.74, 6) is -0.315. The predicted molar refractivity (Wildman–Crippen MR) is 116 cm³/mol. The number of hydrogen-bond acceptors (Lipinski definition) is 5. The molecule has 1 saturated heterocycles. The Balaban J connectivity index is 1.89. The summed E-state index contributed by atoms with van der Waals surface area (Å²) in [5, 5.41) is 0. The fourth-order valence-electron chi connectivity index (χ4n) is 3.95. The summed E-state index contributed by atoms with van der Waals surface area (Å²) in [7, 11) is 1.97. The molecule has 0 amide bonds. The number of hydrogen-bond donors (Lipinski definition) is 0. The van der Waals surface area contributed by atoms with Gasteiger partial charge in [0.1, 0.15) is 0 Å². The van der Waals surface area contributed by atoms with E-state index in [1.54, 1.807) is 6.33 Å². The van der Waals surface area contributed by atoms with Crippen molar-refractivity contribution in [2.24, 2.45) is 7.05 Å². The number of esters is 1. The van der Waals surface area contributed by atoms with Crippen LogP contribution in [0.2, 0.25) is 0 Å². The van der Waals surface area contributed by atoms with Crippen LogP contribution in [0.1, 0.15) is 35.5 Å². The molecule has 4 heterocycles. The Hall–Kier alpha value is -3.06. The van der Waals surface area contributed by atoms with Gasteiger partial charge >= 0.3 is 5.97 Å². The summed E-state index contributed by atoms with van der Waals surface area (Å²) in [4.78, 5) is 19.3. The van der Waals surface area contributed by atoms with Gasteiger partial charge in [-0.2, -0.15) is 0 Å². The quantitative estimate of drug-likeness (QED) is 0.605. The molecule has 0 aliphatic carbocycles. The normalized spacial score (nSPS) is 14.5. The Morgan fingerprint density at radius 2 is 2.00 bits per heavy atom. The molecule has 3 aromatic rings. The van der Waals surface area contributed by atoms with Crippen LogP contribution in [0.25, 0.3) is 22.5 Å². The van der Waals surface area contributed by atoms with E-state index in [-0.39, 0.29) is 12.1 Å². The highest BCUT2D eigenvalue weighted by molar-refractivity contribution is 5.94. The molecule has 158 valence electrons. The van der Waals surface area contributed by atoms with Crippen molar-refractivity contribution in [2.45, 2.75) is 26.9 Å². The zero-order valence-electron chi connectivity index (χ0n) is 18.0. The van der Waals surface area contributed by atoms with Crippen molar-refractivity contribution >= 4 is 17.2 Å². The number of aromatic nitrogens is 3. The van der Waals surface area contributed by atoms with Crippen LogP contribution in [0.4, 0.5) is 0 Å².